The highest BCUT2D eigenvalue weighted by Gasteiger charge is 2.13. The van der Waals surface area contributed by atoms with Crippen LogP contribution in [0.4, 0.5) is 0 Å². The van der Waals surface area contributed by atoms with Gasteiger partial charge in [0.15, 0.2) is 11.5 Å². The zero-order valence-corrected chi connectivity index (χ0v) is 11.0. The number of carbonyl (C=O) groups excluding carboxylic acids is 1. The molecule has 0 fully saturated rings. The average molecular weight is 272 g/mol. The predicted molar refractivity (Wildman–Crippen MR) is 73.5 cm³/mol. The van der Waals surface area contributed by atoms with Gasteiger partial charge < -0.3 is 19.8 Å². The van der Waals surface area contributed by atoms with Crippen molar-refractivity contribution in [1.82, 2.24) is 10.3 Å². The van der Waals surface area contributed by atoms with Crippen molar-refractivity contribution in [1.29, 1.82) is 0 Å². The van der Waals surface area contributed by atoms with Crippen molar-refractivity contribution in [2.45, 2.75) is 19.4 Å². The van der Waals surface area contributed by atoms with Crippen molar-refractivity contribution >= 4 is 5.91 Å². The molecule has 1 aromatic carbocycles. The summed E-state index contributed by atoms with van der Waals surface area (Å²) in [7, 11) is 0. The van der Waals surface area contributed by atoms with E-state index in [4.69, 9.17) is 9.47 Å². The maximum absolute atomic E-state index is 11.8. The Kier molecular flexibility index (Phi) is 3.58. The quantitative estimate of drug-likeness (QED) is 0.875. The topological polar surface area (TPSA) is 63.4 Å². The fraction of sp³-hybridized carbons (Fsp3) is 0.267. The Labute approximate surface area is 116 Å². The minimum atomic E-state index is 0.0391. The van der Waals surface area contributed by atoms with Crippen LogP contribution in [0.15, 0.2) is 36.5 Å². The molecule has 104 valence electrons. The molecule has 0 aliphatic carbocycles. The van der Waals surface area contributed by atoms with E-state index in [1.54, 1.807) is 0 Å². The van der Waals surface area contributed by atoms with E-state index in [0.29, 0.717) is 13.0 Å². The van der Waals surface area contributed by atoms with Crippen LogP contribution in [-0.4, -0.2) is 17.7 Å². The van der Waals surface area contributed by atoms with Crippen LogP contribution in [0.2, 0.25) is 0 Å². The first-order valence-corrected chi connectivity index (χ1v) is 6.59. The first-order valence-electron chi connectivity index (χ1n) is 6.59. The van der Waals surface area contributed by atoms with Gasteiger partial charge in [-0.1, -0.05) is 6.07 Å². The van der Waals surface area contributed by atoms with Gasteiger partial charge in [-0.3, -0.25) is 4.79 Å². The minimum Gasteiger partial charge on any atom is -0.454 e. The highest BCUT2D eigenvalue weighted by atomic mass is 16.7. The lowest BCUT2D eigenvalue weighted by Gasteiger charge is -2.06. The summed E-state index contributed by atoms with van der Waals surface area (Å²) in [4.78, 5) is 14.8. The number of rotatable bonds is 5. The van der Waals surface area contributed by atoms with E-state index in [2.05, 4.69) is 10.3 Å². The third-order valence-corrected chi connectivity index (χ3v) is 3.21. The number of carbonyl (C=O) groups is 1. The molecule has 0 bridgehead atoms. The molecule has 1 aliphatic heterocycles. The van der Waals surface area contributed by atoms with Crippen LogP contribution < -0.4 is 14.8 Å². The minimum absolute atomic E-state index is 0.0391. The molecule has 2 N–H and O–H groups in total. The molecular formula is C15H16N2O3. The largest absolute Gasteiger partial charge is 0.454 e. The number of hydrogen-bond acceptors (Lipinski definition) is 3. The summed E-state index contributed by atoms with van der Waals surface area (Å²) in [5.74, 6) is 1.53. The molecule has 1 aromatic heterocycles. The number of nitrogens with one attached hydrogen (secondary N) is 2. The molecule has 5 heteroatoms. The fourth-order valence-electron chi connectivity index (χ4n) is 2.11. The van der Waals surface area contributed by atoms with E-state index >= 15 is 0 Å². The molecule has 0 unspecified atom stereocenters. The van der Waals surface area contributed by atoms with Gasteiger partial charge >= 0.3 is 0 Å². The lowest BCUT2D eigenvalue weighted by molar-refractivity contribution is -0.121. The Morgan fingerprint density at radius 3 is 3.00 bits per heavy atom. The van der Waals surface area contributed by atoms with Crippen LogP contribution in [0, 0.1) is 0 Å². The van der Waals surface area contributed by atoms with Gasteiger partial charge in [-0.25, -0.2) is 0 Å². The lowest BCUT2D eigenvalue weighted by atomic mass is 10.2. The maximum Gasteiger partial charge on any atom is 0.231 e. The van der Waals surface area contributed by atoms with Gasteiger partial charge in [-0.05, 0) is 36.2 Å². The number of aryl methyl sites for hydroxylation is 1. The van der Waals surface area contributed by atoms with Crippen molar-refractivity contribution in [3.05, 3.63) is 47.8 Å². The Balaban J connectivity index is 1.48. The first kappa shape index (κ1) is 12.6. The van der Waals surface area contributed by atoms with Gasteiger partial charge in [-0.2, -0.15) is 0 Å². The number of benzene rings is 1. The Hall–Kier alpha value is -2.43. The molecule has 3 rings (SSSR count). The summed E-state index contributed by atoms with van der Waals surface area (Å²) in [6, 6.07) is 9.60. The predicted octanol–water partition coefficient (Wildman–Crippen LogP) is 1.99. The van der Waals surface area contributed by atoms with Crippen LogP contribution in [0.5, 0.6) is 11.5 Å². The average Bonchev–Trinajstić information content (AvgIpc) is 3.13. The maximum atomic E-state index is 11.8. The van der Waals surface area contributed by atoms with Crippen LogP contribution >= 0.6 is 0 Å². The van der Waals surface area contributed by atoms with Crippen LogP contribution in [-0.2, 0) is 17.8 Å². The summed E-state index contributed by atoms with van der Waals surface area (Å²) in [6.45, 7) is 0.765. The standard InChI is InChI=1S/C15H16N2O3/c18-15(6-4-12-2-1-7-16-12)17-9-11-3-5-13-14(8-11)20-10-19-13/h1-3,5,7-8,16H,4,6,9-10H2,(H,17,18). The number of H-pyrrole nitrogens is 1. The van der Waals surface area contributed by atoms with Crippen LogP contribution in [0.25, 0.3) is 0 Å². The smallest absolute Gasteiger partial charge is 0.231 e. The molecule has 20 heavy (non-hydrogen) atoms. The summed E-state index contributed by atoms with van der Waals surface area (Å²) in [5, 5.41) is 2.90. The van der Waals surface area contributed by atoms with E-state index < -0.39 is 0 Å². The zero-order chi connectivity index (χ0) is 13.8. The number of aromatic amines is 1. The van der Waals surface area contributed by atoms with Gasteiger partial charge in [0.05, 0.1) is 0 Å². The molecule has 2 aromatic rings. The van der Waals surface area contributed by atoms with Crippen molar-refractivity contribution in [3.8, 4) is 11.5 Å². The summed E-state index contributed by atoms with van der Waals surface area (Å²) >= 11 is 0. The van der Waals surface area contributed by atoms with Gasteiger partial charge in [0.2, 0.25) is 12.7 Å². The third-order valence-electron chi connectivity index (χ3n) is 3.21. The summed E-state index contributed by atoms with van der Waals surface area (Å²) < 4.78 is 10.5. The molecule has 0 saturated carbocycles. The number of fused-ring (bicyclic) bond motifs is 1. The number of aromatic nitrogens is 1. The van der Waals surface area contributed by atoms with Gasteiger partial charge in [0.1, 0.15) is 0 Å². The van der Waals surface area contributed by atoms with E-state index in [9.17, 15) is 4.79 Å². The van der Waals surface area contributed by atoms with Crippen LogP contribution in [0.1, 0.15) is 17.7 Å². The normalized spacial score (nSPS) is 12.4. The highest BCUT2D eigenvalue weighted by molar-refractivity contribution is 5.76. The molecule has 0 radical (unpaired) electrons. The number of hydrogen-bond donors (Lipinski definition) is 2. The molecular weight excluding hydrogens is 256 g/mol. The van der Waals surface area contributed by atoms with Crippen molar-refractivity contribution in [2.75, 3.05) is 6.79 Å². The molecule has 5 nitrogen and oxygen atoms in total. The van der Waals surface area contributed by atoms with Gasteiger partial charge in [0.25, 0.3) is 0 Å². The SMILES string of the molecule is O=C(CCc1ccc[nH]1)NCc1ccc2c(c1)OCO2. The van der Waals surface area contributed by atoms with E-state index in [0.717, 1.165) is 29.2 Å². The lowest BCUT2D eigenvalue weighted by Crippen LogP contribution is -2.23. The Morgan fingerprint density at radius 1 is 1.25 bits per heavy atom. The second-order valence-electron chi connectivity index (χ2n) is 4.66. The summed E-state index contributed by atoms with van der Waals surface area (Å²) in [5.41, 5.74) is 2.07. The van der Waals surface area contributed by atoms with Crippen molar-refractivity contribution < 1.29 is 14.3 Å². The van der Waals surface area contributed by atoms with Crippen LogP contribution in [0.3, 0.4) is 0 Å². The molecule has 1 aliphatic rings. The van der Waals surface area contributed by atoms with Crippen molar-refractivity contribution in [2.24, 2.45) is 0 Å². The molecule has 2 heterocycles. The summed E-state index contributed by atoms with van der Waals surface area (Å²) in [6.07, 6.45) is 3.06. The fourth-order valence-corrected chi connectivity index (χ4v) is 2.11. The Morgan fingerprint density at radius 2 is 2.15 bits per heavy atom. The van der Waals surface area contributed by atoms with Gasteiger partial charge in [-0.15, -0.1) is 0 Å². The first-order chi connectivity index (χ1) is 9.81. The Bertz CT molecular complexity index is 593. The monoisotopic (exact) mass is 272 g/mol. The molecule has 0 spiro atoms. The zero-order valence-electron chi connectivity index (χ0n) is 11.0. The van der Waals surface area contributed by atoms with E-state index in [1.807, 2.05) is 36.5 Å². The second-order valence-corrected chi connectivity index (χ2v) is 4.66. The van der Waals surface area contributed by atoms with Crippen molar-refractivity contribution in [3.63, 3.8) is 0 Å². The molecule has 0 saturated heterocycles. The number of ether oxygens (including phenoxy) is 2. The van der Waals surface area contributed by atoms with Gasteiger partial charge in [0, 0.05) is 24.9 Å². The molecule has 1 amide bonds. The second kappa shape index (κ2) is 5.69. The number of amides is 1. The molecule has 0 atom stereocenters. The highest BCUT2D eigenvalue weighted by Crippen LogP contribution is 2.32. The van der Waals surface area contributed by atoms with E-state index in [1.165, 1.54) is 0 Å². The van der Waals surface area contributed by atoms with E-state index in [-0.39, 0.29) is 12.7 Å². The third kappa shape index (κ3) is 2.93.